The Morgan fingerprint density at radius 3 is 2.33 bits per heavy atom. The summed E-state index contributed by atoms with van der Waals surface area (Å²) >= 11 is 4.01. The summed E-state index contributed by atoms with van der Waals surface area (Å²) in [4.78, 5) is 2.97. The predicted molar refractivity (Wildman–Crippen MR) is 73.3 cm³/mol. The normalized spacial score (nSPS) is 17.7. The molecule has 0 radical (unpaired) electrons. The maximum absolute atomic E-state index is 2.25. The third kappa shape index (κ3) is 2.82. The second-order valence-electron chi connectivity index (χ2n) is 3.80. The molecule has 80 valence electrons. The molecule has 0 atom stereocenters. The molecule has 0 saturated heterocycles. The molecule has 0 saturated carbocycles. The van der Waals surface area contributed by atoms with Gasteiger partial charge >= 0.3 is 0 Å². The SMILES string of the molecule is CC1=C(c2ccc(C)cc2)SCCCS1. The van der Waals surface area contributed by atoms with Crippen LogP contribution < -0.4 is 0 Å². The molecule has 0 spiro atoms. The van der Waals surface area contributed by atoms with E-state index in [-0.39, 0.29) is 0 Å². The molecule has 0 aliphatic carbocycles. The van der Waals surface area contributed by atoms with Crippen LogP contribution in [-0.2, 0) is 0 Å². The summed E-state index contributed by atoms with van der Waals surface area (Å²) in [6.07, 6.45) is 1.32. The van der Waals surface area contributed by atoms with E-state index >= 15 is 0 Å². The van der Waals surface area contributed by atoms with Crippen LogP contribution in [0.15, 0.2) is 29.2 Å². The molecule has 1 aliphatic heterocycles. The van der Waals surface area contributed by atoms with Gasteiger partial charge < -0.3 is 0 Å². The number of benzene rings is 1. The quantitative estimate of drug-likeness (QED) is 0.701. The van der Waals surface area contributed by atoms with Crippen molar-refractivity contribution in [2.24, 2.45) is 0 Å². The largest absolute Gasteiger partial charge is 0.130 e. The first kappa shape index (κ1) is 11.2. The van der Waals surface area contributed by atoms with Crippen molar-refractivity contribution in [3.05, 3.63) is 40.3 Å². The minimum Gasteiger partial charge on any atom is -0.130 e. The zero-order chi connectivity index (χ0) is 10.7. The van der Waals surface area contributed by atoms with E-state index in [9.17, 15) is 0 Å². The lowest BCUT2D eigenvalue weighted by molar-refractivity contribution is 1.13. The summed E-state index contributed by atoms with van der Waals surface area (Å²) in [5.41, 5.74) is 2.72. The molecule has 1 heterocycles. The Kier molecular flexibility index (Phi) is 3.81. The van der Waals surface area contributed by atoms with Gasteiger partial charge in [0, 0.05) is 4.91 Å². The fourth-order valence-electron chi connectivity index (χ4n) is 1.62. The van der Waals surface area contributed by atoms with Crippen LogP contribution in [0.3, 0.4) is 0 Å². The van der Waals surface area contributed by atoms with E-state index in [1.165, 1.54) is 38.9 Å². The van der Waals surface area contributed by atoms with E-state index in [1.807, 2.05) is 23.5 Å². The van der Waals surface area contributed by atoms with Crippen molar-refractivity contribution in [1.29, 1.82) is 0 Å². The van der Waals surface area contributed by atoms with E-state index in [0.717, 1.165) is 0 Å². The van der Waals surface area contributed by atoms with E-state index in [2.05, 4.69) is 38.1 Å². The first-order valence-electron chi connectivity index (χ1n) is 5.31. The zero-order valence-electron chi connectivity index (χ0n) is 9.25. The second-order valence-corrected chi connectivity index (χ2v) is 6.22. The van der Waals surface area contributed by atoms with Gasteiger partial charge in [-0.3, -0.25) is 0 Å². The van der Waals surface area contributed by atoms with Crippen LogP contribution in [0.2, 0.25) is 0 Å². The van der Waals surface area contributed by atoms with Crippen molar-refractivity contribution in [3.63, 3.8) is 0 Å². The van der Waals surface area contributed by atoms with Crippen molar-refractivity contribution in [1.82, 2.24) is 0 Å². The first-order valence-corrected chi connectivity index (χ1v) is 7.28. The van der Waals surface area contributed by atoms with Gasteiger partial charge in [0.1, 0.15) is 0 Å². The van der Waals surface area contributed by atoms with Crippen LogP contribution in [0.25, 0.3) is 4.91 Å². The molecule has 0 aromatic heterocycles. The van der Waals surface area contributed by atoms with E-state index < -0.39 is 0 Å². The molecule has 0 N–H and O–H groups in total. The highest BCUT2D eigenvalue weighted by molar-refractivity contribution is 8.11. The number of thioether (sulfide) groups is 2. The molecule has 1 aromatic rings. The monoisotopic (exact) mass is 236 g/mol. The lowest BCUT2D eigenvalue weighted by Gasteiger charge is -2.08. The molecular weight excluding hydrogens is 220 g/mol. The van der Waals surface area contributed by atoms with E-state index in [1.54, 1.807) is 0 Å². The lowest BCUT2D eigenvalue weighted by Crippen LogP contribution is -1.83. The number of hydrogen-bond donors (Lipinski definition) is 0. The zero-order valence-corrected chi connectivity index (χ0v) is 10.9. The van der Waals surface area contributed by atoms with Crippen LogP contribution in [0, 0.1) is 6.92 Å². The Labute approximate surface area is 101 Å². The van der Waals surface area contributed by atoms with E-state index in [0.29, 0.717) is 0 Å². The average Bonchev–Trinajstić information content (AvgIpc) is 2.44. The van der Waals surface area contributed by atoms with Crippen LogP contribution in [0.5, 0.6) is 0 Å². The molecule has 0 nitrogen and oxygen atoms in total. The number of rotatable bonds is 1. The molecule has 0 amide bonds. The van der Waals surface area contributed by atoms with Gasteiger partial charge in [-0.1, -0.05) is 29.8 Å². The Balaban J connectivity index is 2.31. The van der Waals surface area contributed by atoms with Crippen molar-refractivity contribution < 1.29 is 0 Å². The maximum atomic E-state index is 2.25. The van der Waals surface area contributed by atoms with Crippen LogP contribution in [0.4, 0.5) is 0 Å². The maximum Gasteiger partial charge on any atom is 0.0237 e. The van der Waals surface area contributed by atoms with Gasteiger partial charge in [0.05, 0.1) is 0 Å². The van der Waals surface area contributed by atoms with Crippen molar-refractivity contribution in [2.45, 2.75) is 20.3 Å². The Morgan fingerprint density at radius 2 is 1.60 bits per heavy atom. The van der Waals surface area contributed by atoms with Crippen LogP contribution in [-0.4, -0.2) is 11.5 Å². The molecule has 2 rings (SSSR count). The van der Waals surface area contributed by atoms with Gasteiger partial charge in [-0.05, 0) is 42.2 Å². The first-order chi connectivity index (χ1) is 7.27. The average molecular weight is 236 g/mol. The van der Waals surface area contributed by atoms with E-state index in [4.69, 9.17) is 0 Å². The minimum atomic E-state index is 1.26. The molecule has 0 bridgehead atoms. The van der Waals surface area contributed by atoms with Gasteiger partial charge in [0.15, 0.2) is 0 Å². The van der Waals surface area contributed by atoms with Crippen molar-refractivity contribution >= 4 is 28.4 Å². The summed E-state index contributed by atoms with van der Waals surface area (Å²) in [7, 11) is 0. The lowest BCUT2D eigenvalue weighted by atomic mass is 10.1. The summed E-state index contributed by atoms with van der Waals surface area (Å²) in [6.45, 7) is 4.39. The fraction of sp³-hybridized carbons (Fsp3) is 0.385. The van der Waals surface area contributed by atoms with Crippen LogP contribution >= 0.6 is 23.5 Å². The minimum absolute atomic E-state index is 1.26. The highest BCUT2D eigenvalue weighted by atomic mass is 32.2. The third-order valence-electron chi connectivity index (χ3n) is 2.49. The fourth-order valence-corrected chi connectivity index (χ4v) is 4.00. The topological polar surface area (TPSA) is 0 Å². The number of aryl methyl sites for hydroxylation is 1. The molecule has 2 heteroatoms. The summed E-state index contributed by atoms with van der Waals surface area (Å²) < 4.78 is 0. The third-order valence-corrected chi connectivity index (χ3v) is 5.07. The molecule has 1 aromatic carbocycles. The summed E-state index contributed by atoms with van der Waals surface area (Å²) in [5.74, 6) is 2.53. The Hall–Kier alpha value is -0.340. The second kappa shape index (κ2) is 5.13. The Bertz CT molecular complexity index is 363. The van der Waals surface area contributed by atoms with Crippen molar-refractivity contribution in [3.8, 4) is 0 Å². The Morgan fingerprint density at radius 1 is 0.933 bits per heavy atom. The molecule has 0 unspecified atom stereocenters. The van der Waals surface area contributed by atoms with Gasteiger partial charge in [0.2, 0.25) is 0 Å². The predicted octanol–water partition coefficient (Wildman–Crippen LogP) is 4.55. The van der Waals surface area contributed by atoms with Gasteiger partial charge in [-0.2, -0.15) is 0 Å². The number of allylic oxidation sites excluding steroid dienone is 1. The molecular formula is C13H16S2. The highest BCUT2D eigenvalue weighted by Gasteiger charge is 2.10. The van der Waals surface area contributed by atoms with Gasteiger partial charge in [0.25, 0.3) is 0 Å². The smallest absolute Gasteiger partial charge is 0.0237 e. The standard InChI is InChI=1S/C13H16S2/c1-10-4-6-12(7-5-10)13-11(2)14-8-3-9-15-13/h4-7H,3,8-9H2,1-2H3. The molecule has 1 aliphatic rings. The molecule has 0 fully saturated rings. The van der Waals surface area contributed by atoms with Crippen LogP contribution in [0.1, 0.15) is 24.5 Å². The van der Waals surface area contributed by atoms with Crippen molar-refractivity contribution in [2.75, 3.05) is 11.5 Å². The van der Waals surface area contributed by atoms with Gasteiger partial charge in [-0.25, -0.2) is 0 Å². The summed E-state index contributed by atoms with van der Waals surface area (Å²) in [6, 6.07) is 8.89. The molecule has 15 heavy (non-hydrogen) atoms. The summed E-state index contributed by atoms with van der Waals surface area (Å²) in [5, 5.41) is 0. The number of hydrogen-bond acceptors (Lipinski definition) is 2. The van der Waals surface area contributed by atoms with Gasteiger partial charge in [-0.15, -0.1) is 23.5 Å². The highest BCUT2D eigenvalue weighted by Crippen LogP contribution is 2.38.